The number of carbonyl (C=O) groups is 4. The third kappa shape index (κ3) is 4.75. The van der Waals surface area contributed by atoms with Crippen LogP contribution in [-0.2, 0) is 6.54 Å². The van der Waals surface area contributed by atoms with Crippen LogP contribution in [0, 0.1) is 5.92 Å². The minimum absolute atomic E-state index is 0.243. The fourth-order valence-corrected chi connectivity index (χ4v) is 8.45. The fourth-order valence-electron chi connectivity index (χ4n) is 8.45. The molecule has 1 atom stereocenters. The number of aryl methyl sites for hydroxylation is 1. The zero-order chi connectivity index (χ0) is 35.7. The highest BCUT2D eigenvalue weighted by Crippen LogP contribution is 2.46. The average Bonchev–Trinajstić information content (AvgIpc) is 3.66. The molecule has 7 aromatic rings. The summed E-state index contributed by atoms with van der Waals surface area (Å²) in [5.41, 5.74) is 3.80. The van der Waals surface area contributed by atoms with Crippen molar-refractivity contribution in [1.82, 2.24) is 24.8 Å². The topological polar surface area (TPSA) is 105 Å². The van der Waals surface area contributed by atoms with Gasteiger partial charge in [-0.15, -0.1) is 5.10 Å². The van der Waals surface area contributed by atoms with Crippen molar-refractivity contribution < 1.29 is 19.2 Å². The fraction of sp³-hybridized carbons (Fsp3) is 0.256. The Kier molecular flexibility index (Phi) is 7.61. The van der Waals surface area contributed by atoms with Gasteiger partial charge in [0.2, 0.25) is 0 Å². The Morgan fingerprint density at radius 1 is 0.577 bits per heavy atom. The summed E-state index contributed by atoms with van der Waals surface area (Å²) in [7, 11) is 0. The highest BCUT2D eigenvalue weighted by molar-refractivity contribution is 6.41. The lowest BCUT2D eigenvalue weighted by atomic mass is 9.82. The molecule has 9 rings (SSSR count). The molecule has 1 unspecified atom stereocenters. The molecule has 258 valence electrons. The Balaban J connectivity index is 1.07. The van der Waals surface area contributed by atoms with E-state index in [0.717, 1.165) is 69.3 Å². The van der Waals surface area contributed by atoms with Gasteiger partial charge in [0.25, 0.3) is 23.6 Å². The first-order valence-corrected chi connectivity index (χ1v) is 18.3. The SMILES string of the molecule is CCCCC(CC)CN1C(=O)c2ccc3c4ccc5c6c(ccc(c7ccc(c2c37)C1=O)c64)C(=O)N(CCCn1cc(-c2ccccc2)nn1)C5=O. The molecule has 0 N–H and O–H groups in total. The van der Waals surface area contributed by atoms with E-state index >= 15 is 0 Å². The number of nitrogens with zero attached hydrogens (tertiary/aromatic N) is 5. The number of fused-ring (bicyclic) bond motifs is 2. The van der Waals surface area contributed by atoms with Crippen LogP contribution in [0.2, 0.25) is 0 Å². The van der Waals surface area contributed by atoms with E-state index in [0.29, 0.717) is 52.5 Å². The summed E-state index contributed by atoms with van der Waals surface area (Å²) < 4.78 is 1.74. The molecule has 2 aliphatic rings. The van der Waals surface area contributed by atoms with Crippen molar-refractivity contribution in [3.63, 3.8) is 0 Å². The van der Waals surface area contributed by atoms with Crippen molar-refractivity contribution >= 4 is 66.7 Å². The summed E-state index contributed by atoms with van der Waals surface area (Å²) in [4.78, 5) is 58.7. The second-order valence-electron chi connectivity index (χ2n) is 14.1. The molecular formula is C43H37N5O4. The van der Waals surface area contributed by atoms with Gasteiger partial charge in [-0.1, -0.05) is 92.9 Å². The summed E-state index contributed by atoms with van der Waals surface area (Å²) in [5, 5.41) is 15.1. The van der Waals surface area contributed by atoms with Gasteiger partial charge in [-0.25, -0.2) is 0 Å². The molecule has 4 amide bonds. The van der Waals surface area contributed by atoms with Crippen molar-refractivity contribution in [2.75, 3.05) is 13.1 Å². The van der Waals surface area contributed by atoms with E-state index in [1.54, 1.807) is 4.68 Å². The van der Waals surface area contributed by atoms with E-state index in [4.69, 9.17) is 0 Å². The molecule has 0 aliphatic carbocycles. The number of rotatable bonds is 11. The van der Waals surface area contributed by atoms with E-state index in [1.165, 1.54) is 9.80 Å². The van der Waals surface area contributed by atoms with Gasteiger partial charge in [0, 0.05) is 58.2 Å². The second kappa shape index (κ2) is 12.4. The normalized spacial score (nSPS) is 15.0. The Hall–Kier alpha value is -5.96. The number of unbranched alkanes of at least 4 members (excludes halogenated alkanes) is 1. The summed E-state index contributed by atoms with van der Waals surface area (Å²) in [5.74, 6) is -0.868. The van der Waals surface area contributed by atoms with E-state index in [2.05, 4.69) is 24.2 Å². The van der Waals surface area contributed by atoms with Gasteiger partial charge >= 0.3 is 0 Å². The standard InChI is InChI=1S/C43H37N5O4/c1-3-5-10-25(4-2)23-48-42(51)33-19-15-29-27-13-17-31-38-32(18-14-28(36(27)38)30-16-20-34(43(48)52)39(33)37(29)30)41(50)47(40(31)49)22-9-21-46-24-35(44-45-46)26-11-7-6-8-12-26/h6-8,11-20,24-25H,3-5,9-10,21-23H2,1-2H3. The van der Waals surface area contributed by atoms with Crippen molar-refractivity contribution in [3.8, 4) is 11.3 Å². The highest BCUT2D eigenvalue weighted by Gasteiger charge is 2.37. The van der Waals surface area contributed by atoms with Crippen LogP contribution >= 0.6 is 0 Å². The molecule has 0 spiro atoms. The number of aromatic nitrogens is 3. The monoisotopic (exact) mass is 687 g/mol. The van der Waals surface area contributed by atoms with Crippen LogP contribution in [0.25, 0.3) is 54.3 Å². The molecule has 9 nitrogen and oxygen atoms in total. The quantitative estimate of drug-likeness (QED) is 0.0767. The third-order valence-electron chi connectivity index (χ3n) is 11.2. The van der Waals surface area contributed by atoms with E-state index in [1.807, 2.05) is 85.1 Å². The molecule has 3 heterocycles. The minimum Gasteiger partial charge on any atom is -0.274 e. The predicted octanol–water partition coefficient (Wildman–Crippen LogP) is 8.49. The summed E-state index contributed by atoms with van der Waals surface area (Å²) in [6.45, 7) is 5.44. The Bertz CT molecular complexity index is 2490. The minimum atomic E-state index is -0.318. The Morgan fingerprint density at radius 2 is 1.10 bits per heavy atom. The zero-order valence-electron chi connectivity index (χ0n) is 29.2. The lowest BCUT2D eigenvalue weighted by Crippen LogP contribution is -2.43. The smallest absolute Gasteiger partial charge is 0.261 e. The maximum atomic E-state index is 14.0. The highest BCUT2D eigenvalue weighted by atomic mass is 16.2. The number of imide groups is 2. The van der Waals surface area contributed by atoms with Gasteiger partial charge in [-0.2, -0.15) is 0 Å². The first-order valence-electron chi connectivity index (χ1n) is 18.3. The summed E-state index contributed by atoms with van der Waals surface area (Å²) >= 11 is 0. The second-order valence-corrected chi connectivity index (χ2v) is 14.1. The van der Waals surface area contributed by atoms with E-state index in [-0.39, 0.29) is 36.1 Å². The first kappa shape index (κ1) is 32.0. The molecular weight excluding hydrogens is 651 g/mol. The number of amides is 4. The average molecular weight is 688 g/mol. The molecule has 0 saturated heterocycles. The van der Waals surface area contributed by atoms with Crippen LogP contribution in [-0.4, -0.2) is 61.5 Å². The number of benzene rings is 6. The van der Waals surface area contributed by atoms with Crippen molar-refractivity contribution in [2.45, 2.75) is 52.5 Å². The van der Waals surface area contributed by atoms with E-state index in [9.17, 15) is 19.2 Å². The van der Waals surface area contributed by atoms with Crippen LogP contribution in [0.3, 0.4) is 0 Å². The van der Waals surface area contributed by atoms with Crippen LogP contribution in [0.5, 0.6) is 0 Å². The lowest BCUT2D eigenvalue weighted by molar-refractivity contribution is 0.0573. The maximum Gasteiger partial charge on any atom is 0.261 e. The van der Waals surface area contributed by atoms with Crippen LogP contribution in [0.15, 0.2) is 85.1 Å². The largest absolute Gasteiger partial charge is 0.274 e. The van der Waals surface area contributed by atoms with Crippen LogP contribution in [0.4, 0.5) is 0 Å². The van der Waals surface area contributed by atoms with Crippen LogP contribution in [0.1, 0.15) is 87.4 Å². The third-order valence-corrected chi connectivity index (χ3v) is 11.2. The molecule has 1 aromatic heterocycles. The Labute approximate surface area is 300 Å². The number of hydrogen-bond acceptors (Lipinski definition) is 6. The molecule has 0 fully saturated rings. The maximum absolute atomic E-state index is 14.0. The van der Waals surface area contributed by atoms with Gasteiger partial charge in [0.15, 0.2) is 0 Å². The molecule has 0 bridgehead atoms. The molecule has 6 aromatic carbocycles. The Morgan fingerprint density at radius 3 is 1.60 bits per heavy atom. The molecule has 0 saturated carbocycles. The summed E-state index contributed by atoms with van der Waals surface area (Å²) in [6.07, 6.45) is 6.43. The van der Waals surface area contributed by atoms with Gasteiger partial charge in [0.05, 0.1) is 6.20 Å². The molecule has 9 heteroatoms. The molecule has 2 aliphatic heterocycles. The first-order chi connectivity index (χ1) is 25.4. The van der Waals surface area contributed by atoms with Crippen molar-refractivity contribution in [3.05, 3.63) is 107 Å². The number of hydrogen-bond donors (Lipinski definition) is 0. The van der Waals surface area contributed by atoms with Gasteiger partial charge < -0.3 is 0 Å². The predicted molar refractivity (Wildman–Crippen MR) is 202 cm³/mol. The van der Waals surface area contributed by atoms with Gasteiger partial charge in [-0.05, 0) is 75.3 Å². The molecule has 0 radical (unpaired) electrons. The number of carbonyl (C=O) groups excluding carboxylic acids is 4. The van der Waals surface area contributed by atoms with Gasteiger partial charge in [-0.3, -0.25) is 33.7 Å². The van der Waals surface area contributed by atoms with Gasteiger partial charge in [0.1, 0.15) is 5.69 Å². The van der Waals surface area contributed by atoms with Crippen molar-refractivity contribution in [2.24, 2.45) is 5.92 Å². The van der Waals surface area contributed by atoms with Crippen LogP contribution < -0.4 is 0 Å². The molecule has 52 heavy (non-hydrogen) atoms. The van der Waals surface area contributed by atoms with E-state index < -0.39 is 0 Å². The zero-order valence-corrected chi connectivity index (χ0v) is 29.2. The lowest BCUT2D eigenvalue weighted by Gasteiger charge is -2.31. The van der Waals surface area contributed by atoms with Crippen molar-refractivity contribution in [1.29, 1.82) is 0 Å². The summed E-state index contributed by atoms with van der Waals surface area (Å²) in [6, 6.07) is 24.9.